The summed E-state index contributed by atoms with van der Waals surface area (Å²) >= 11 is 0. The summed E-state index contributed by atoms with van der Waals surface area (Å²) in [6.45, 7) is 2.25. The molecule has 0 saturated heterocycles. The maximum atomic E-state index is 11.6. The summed E-state index contributed by atoms with van der Waals surface area (Å²) in [6.07, 6.45) is 22.1. The van der Waals surface area contributed by atoms with Crippen LogP contribution in [0.3, 0.4) is 0 Å². The molecular formula is C22H39NO3. The van der Waals surface area contributed by atoms with Crippen LogP contribution in [-0.2, 0) is 14.3 Å². The molecule has 4 nitrogen and oxygen atoms in total. The highest BCUT2D eigenvalue weighted by atomic mass is 16.6. The SMILES string of the molecule is CCCCCCCCC=CCCCCCCCC(=O)OC(=O)C1(N)CC1. The van der Waals surface area contributed by atoms with Crippen molar-refractivity contribution in [3.63, 3.8) is 0 Å². The van der Waals surface area contributed by atoms with E-state index in [2.05, 4.69) is 19.1 Å². The summed E-state index contributed by atoms with van der Waals surface area (Å²) < 4.78 is 4.78. The molecule has 0 radical (unpaired) electrons. The summed E-state index contributed by atoms with van der Waals surface area (Å²) in [5.74, 6) is -0.973. The fourth-order valence-electron chi connectivity index (χ4n) is 2.93. The van der Waals surface area contributed by atoms with Crippen molar-refractivity contribution >= 4 is 11.9 Å². The third-order valence-electron chi connectivity index (χ3n) is 5.04. The van der Waals surface area contributed by atoms with E-state index in [0.29, 0.717) is 19.3 Å². The van der Waals surface area contributed by atoms with Gasteiger partial charge in [-0.15, -0.1) is 0 Å². The summed E-state index contributed by atoms with van der Waals surface area (Å²) in [4.78, 5) is 23.1. The average Bonchev–Trinajstić information content (AvgIpc) is 3.37. The van der Waals surface area contributed by atoms with Crippen LogP contribution in [0.2, 0.25) is 0 Å². The van der Waals surface area contributed by atoms with Crippen LogP contribution >= 0.6 is 0 Å². The van der Waals surface area contributed by atoms with E-state index in [9.17, 15) is 9.59 Å². The lowest BCUT2D eigenvalue weighted by Gasteiger charge is -2.07. The second-order valence-corrected chi connectivity index (χ2v) is 7.75. The Morgan fingerprint density at radius 2 is 1.35 bits per heavy atom. The van der Waals surface area contributed by atoms with Gasteiger partial charge in [-0.1, -0.05) is 70.4 Å². The Labute approximate surface area is 159 Å². The molecule has 0 atom stereocenters. The van der Waals surface area contributed by atoms with Gasteiger partial charge >= 0.3 is 11.9 Å². The van der Waals surface area contributed by atoms with Gasteiger partial charge in [-0.25, -0.2) is 4.79 Å². The van der Waals surface area contributed by atoms with E-state index in [4.69, 9.17) is 10.5 Å². The van der Waals surface area contributed by atoms with Crippen molar-refractivity contribution < 1.29 is 14.3 Å². The van der Waals surface area contributed by atoms with Gasteiger partial charge in [-0.05, 0) is 44.9 Å². The Morgan fingerprint density at radius 3 is 1.88 bits per heavy atom. The number of unbranched alkanes of at least 4 members (excludes halogenated alkanes) is 11. The molecule has 4 heteroatoms. The van der Waals surface area contributed by atoms with Crippen molar-refractivity contribution in [1.82, 2.24) is 0 Å². The summed E-state index contributed by atoms with van der Waals surface area (Å²) in [6, 6.07) is 0. The number of rotatable bonds is 16. The zero-order valence-corrected chi connectivity index (χ0v) is 16.8. The molecular weight excluding hydrogens is 326 g/mol. The molecule has 0 aromatic rings. The lowest BCUT2D eigenvalue weighted by Crippen LogP contribution is -2.35. The van der Waals surface area contributed by atoms with E-state index < -0.39 is 17.5 Å². The minimum absolute atomic E-state index is 0.319. The minimum atomic E-state index is -0.863. The van der Waals surface area contributed by atoms with Crippen molar-refractivity contribution in [1.29, 1.82) is 0 Å². The van der Waals surface area contributed by atoms with Gasteiger partial charge in [-0.2, -0.15) is 0 Å². The molecule has 0 aromatic heterocycles. The molecule has 1 aliphatic rings. The van der Waals surface area contributed by atoms with Crippen LogP contribution in [0.25, 0.3) is 0 Å². The Morgan fingerprint density at radius 1 is 0.846 bits per heavy atom. The number of hydrogen-bond donors (Lipinski definition) is 1. The van der Waals surface area contributed by atoms with Crippen LogP contribution in [0.15, 0.2) is 12.2 Å². The summed E-state index contributed by atoms with van der Waals surface area (Å²) in [5.41, 5.74) is 4.83. The van der Waals surface area contributed by atoms with Gasteiger partial charge < -0.3 is 10.5 Å². The van der Waals surface area contributed by atoms with Gasteiger partial charge in [-0.3, -0.25) is 4.79 Å². The van der Waals surface area contributed by atoms with Crippen LogP contribution in [0.1, 0.15) is 110 Å². The van der Waals surface area contributed by atoms with Crippen molar-refractivity contribution in [3.8, 4) is 0 Å². The highest BCUT2D eigenvalue weighted by molar-refractivity contribution is 5.92. The van der Waals surface area contributed by atoms with Crippen molar-refractivity contribution in [2.75, 3.05) is 0 Å². The van der Waals surface area contributed by atoms with Gasteiger partial charge in [0, 0.05) is 6.42 Å². The van der Waals surface area contributed by atoms with E-state index in [-0.39, 0.29) is 0 Å². The molecule has 0 unspecified atom stereocenters. The van der Waals surface area contributed by atoms with Gasteiger partial charge in [0.2, 0.25) is 0 Å². The van der Waals surface area contributed by atoms with Crippen LogP contribution in [0.5, 0.6) is 0 Å². The number of esters is 2. The quantitative estimate of drug-likeness (QED) is 0.168. The Hall–Kier alpha value is -1.16. The number of allylic oxidation sites excluding steroid dienone is 2. The van der Waals surface area contributed by atoms with Gasteiger partial charge in [0.15, 0.2) is 0 Å². The fourth-order valence-corrected chi connectivity index (χ4v) is 2.93. The van der Waals surface area contributed by atoms with E-state index in [1.54, 1.807) is 0 Å². The first-order valence-corrected chi connectivity index (χ1v) is 10.8. The summed E-state index contributed by atoms with van der Waals surface area (Å²) in [5, 5.41) is 0. The molecule has 26 heavy (non-hydrogen) atoms. The Kier molecular flexibility index (Phi) is 12.3. The van der Waals surface area contributed by atoms with Crippen LogP contribution in [0.4, 0.5) is 0 Å². The van der Waals surface area contributed by atoms with Crippen LogP contribution < -0.4 is 5.73 Å². The lowest BCUT2D eigenvalue weighted by molar-refractivity contribution is -0.161. The van der Waals surface area contributed by atoms with Gasteiger partial charge in [0.05, 0.1) is 0 Å². The molecule has 0 amide bonds. The molecule has 0 bridgehead atoms. The number of ether oxygens (including phenoxy) is 1. The minimum Gasteiger partial charge on any atom is -0.392 e. The molecule has 0 aromatic carbocycles. The second-order valence-electron chi connectivity index (χ2n) is 7.75. The third kappa shape index (κ3) is 11.5. The highest BCUT2D eigenvalue weighted by Crippen LogP contribution is 2.33. The molecule has 150 valence electrons. The van der Waals surface area contributed by atoms with Gasteiger partial charge in [0.25, 0.3) is 0 Å². The fraction of sp³-hybridized carbons (Fsp3) is 0.818. The van der Waals surface area contributed by atoms with Crippen LogP contribution in [0, 0.1) is 0 Å². The zero-order chi connectivity index (χ0) is 19.1. The molecule has 1 saturated carbocycles. The maximum Gasteiger partial charge on any atom is 0.333 e. The number of carbonyl (C=O) groups excluding carboxylic acids is 2. The number of carbonyl (C=O) groups is 2. The maximum absolute atomic E-state index is 11.6. The molecule has 0 heterocycles. The molecule has 0 spiro atoms. The van der Waals surface area contributed by atoms with E-state index in [1.165, 1.54) is 57.8 Å². The summed E-state index contributed by atoms with van der Waals surface area (Å²) in [7, 11) is 0. The average molecular weight is 366 g/mol. The third-order valence-corrected chi connectivity index (χ3v) is 5.04. The molecule has 1 aliphatic carbocycles. The lowest BCUT2D eigenvalue weighted by atomic mass is 10.1. The number of nitrogens with two attached hydrogens (primary N) is 1. The van der Waals surface area contributed by atoms with E-state index in [1.807, 2.05) is 0 Å². The van der Waals surface area contributed by atoms with E-state index in [0.717, 1.165) is 25.7 Å². The Bertz CT molecular complexity index is 427. The molecule has 1 fully saturated rings. The predicted octanol–water partition coefficient (Wildman–Crippen LogP) is 5.59. The first-order valence-electron chi connectivity index (χ1n) is 10.8. The topological polar surface area (TPSA) is 69.4 Å². The monoisotopic (exact) mass is 365 g/mol. The largest absolute Gasteiger partial charge is 0.392 e. The van der Waals surface area contributed by atoms with Crippen molar-refractivity contribution in [3.05, 3.63) is 12.2 Å². The highest BCUT2D eigenvalue weighted by Gasteiger charge is 2.48. The van der Waals surface area contributed by atoms with Crippen molar-refractivity contribution in [2.45, 2.75) is 115 Å². The molecule has 2 N–H and O–H groups in total. The first kappa shape index (κ1) is 22.9. The molecule has 0 aliphatic heterocycles. The Balaban J connectivity index is 1.81. The zero-order valence-electron chi connectivity index (χ0n) is 16.8. The van der Waals surface area contributed by atoms with Gasteiger partial charge in [0.1, 0.15) is 5.54 Å². The number of hydrogen-bond acceptors (Lipinski definition) is 4. The predicted molar refractivity (Wildman–Crippen MR) is 107 cm³/mol. The van der Waals surface area contributed by atoms with Crippen molar-refractivity contribution in [2.24, 2.45) is 5.73 Å². The normalized spacial score (nSPS) is 15.3. The second kappa shape index (κ2) is 14.0. The van der Waals surface area contributed by atoms with E-state index >= 15 is 0 Å². The van der Waals surface area contributed by atoms with Crippen LogP contribution in [-0.4, -0.2) is 17.5 Å². The first-order chi connectivity index (χ1) is 12.6. The smallest absolute Gasteiger partial charge is 0.333 e. The molecule has 1 rings (SSSR count). The standard InChI is InChI=1S/C22H39NO3/c1-2-3-4-5-6-7-8-9-10-11-12-13-14-15-16-17-20(24)26-21(25)22(23)18-19-22/h9-10H,2-8,11-19,23H2,1H3.